The third kappa shape index (κ3) is 2.98. The molecule has 1 atom stereocenters. The van der Waals surface area contributed by atoms with E-state index in [9.17, 15) is 4.79 Å². The second-order valence-corrected chi connectivity index (χ2v) is 7.27. The van der Waals surface area contributed by atoms with Crippen LogP contribution in [0, 0.1) is 6.92 Å². The SMILES string of the molecule is Cc1ccc2nc(C3CC3)cc(C(=O)N3CCOC[C@H]3c3ncon3)c2c1. The third-order valence-electron chi connectivity index (χ3n) is 5.28. The molecular weight excluding hydrogens is 344 g/mol. The van der Waals surface area contributed by atoms with Crippen molar-refractivity contribution in [3.05, 3.63) is 53.3 Å². The molecule has 2 aliphatic rings. The Kier molecular flexibility index (Phi) is 3.89. The van der Waals surface area contributed by atoms with Crippen LogP contribution < -0.4 is 0 Å². The fourth-order valence-corrected chi connectivity index (χ4v) is 3.67. The number of aromatic nitrogens is 3. The molecule has 5 rings (SSSR count). The summed E-state index contributed by atoms with van der Waals surface area (Å²) < 4.78 is 10.5. The number of nitrogens with zero attached hydrogens (tertiary/aromatic N) is 4. The smallest absolute Gasteiger partial charge is 0.255 e. The first-order valence-electron chi connectivity index (χ1n) is 9.27. The van der Waals surface area contributed by atoms with Gasteiger partial charge in [0.15, 0.2) is 5.82 Å². The Morgan fingerprint density at radius 2 is 2.15 bits per heavy atom. The quantitative estimate of drug-likeness (QED) is 0.711. The fourth-order valence-electron chi connectivity index (χ4n) is 3.67. The molecule has 0 radical (unpaired) electrons. The molecule has 3 aromatic rings. The Bertz CT molecular complexity index is 998. The normalized spacial score (nSPS) is 20.2. The number of amides is 1. The molecular formula is C20H20N4O3. The molecule has 0 spiro atoms. The zero-order valence-corrected chi connectivity index (χ0v) is 15.1. The Hall–Kier alpha value is -2.80. The van der Waals surface area contributed by atoms with E-state index in [0.29, 0.717) is 37.1 Å². The van der Waals surface area contributed by atoms with E-state index in [-0.39, 0.29) is 11.9 Å². The van der Waals surface area contributed by atoms with Crippen LogP contribution >= 0.6 is 0 Å². The lowest BCUT2D eigenvalue weighted by Crippen LogP contribution is -2.44. The molecule has 1 aromatic carbocycles. The number of pyridine rings is 1. The second kappa shape index (κ2) is 6.42. The van der Waals surface area contributed by atoms with Gasteiger partial charge in [-0.1, -0.05) is 16.8 Å². The molecule has 0 N–H and O–H groups in total. The van der Waals surface area contributed by atoms with Crippen LogP contribution in [0.1, 0.15) is 52.2 Å². The van der Waals surface area contributed by atoms with Crippen molar-refractivity contribution in [1.82, 2.24) is 20.0 Å². The minimum Gasteiger partial charge on any atom is -0.377 e. The van der Waals surface area contributed by atoms with E-state index in [0.717, 1.165) is 35.0 Å². The summed E-state index contributed by atoms with van der Waals surface area (Å²) in [4.78, 5) is 24.3. The van der Waals surface area contributed by atoms with Gasteiger partial charge in [-0.15, -0.1) is 0 Å². The summed E-state index contributed by atoms with van der Waals surface area (Å²) in [6, 6.07) is 7.71. The molecule has 7 nitrogen and oxygen atoms in total. The van der Waals surface area contributed by atoms with E-state index >= 15 is 0 Å². The minimum atomic E-state index is -0.345. The molecule has 2 fully saturated rings. The first-order valence-corrected chi connectivity index (χ1v) is 9.27. The number of rotatable bonds is 3. The predicted octanol–water partition coefficient (Wildman–Crippen LogP) is 3.02. The van der Waals surface area contributed by atoms with Crippen LogP contribution in [0.4, 0.5) is 0 Å². The van der Waals surface area contributed by atoms with E-state index in [1.807, 2.05) is 31.2 Å². The van der Waals surface area contributed by atoms with Gasteiger partial charge < -0.3 is 14.2 Å². The van der Waals surface area contributed by atoms with E-state index < -0.39 is 0 Å². The van der Waals surface area contributed by atoms with Crippen LogP contribution in [-0.4, -0.2) is 45.7 Å². The van der Waals surface area contributed by atoms with Gasteiger partial charge in [-0.2, -0.15) is 4.98 Å². The number of fused-ring (bicyclic) bond motifs is 1. The molecule has 1 saturated heterocycles. The molecule has 0 unspecified atom stereocenters. The minimum absolute atomic E-state index is 0.0343. The highest BCUT2D eigenvalue weighted by Crippen LogP contribution is 2.40. The molecule has 1 aliphatic heterocycles. The Labute approximate surface area is 156 Å². The Morgan fingerprint density at radius 1 is 1.26 bits per heavy atom. The van der Waals surface area contributed by atoms with Crippen LogP contribution in [0.3, 0.4) is 0 Å². The highest BCUT2D eigenvalue weighted by atomic mass is 16.5. The summed E-state index contributed by atoms with van der Waals surface area (Å²) in [5.41, 5.74) is 3.69. The summed E-state index contributed by atoms with van der Waals surface area (Å²) in [7, 11) is 0. The molecule has 3 heterocycles. The van der Waals surface area contributed by atoms with E-state index in [2.05, 4.69) is 10.1 Å². The molecule has 2 aromatic heterocycles. The van der Waals surface area contributed by atoms with E-state index in [1.165, 1.54) is 6.39 Å². The molecule has 7 heteroatoms. The lowest BCUT2D eigenvalue weighted by molar-refractivity contribution is -0.00567. The van der Waals surface area contributed by atoms with Crippen LogP contribution in [0.25, 0.3) is 10.9 Å². The summed E-state index contributed by atoms with van der Waals surface area (Å²) in [6.45, 7) is 3.38. The van der Waals surface area contributed by atoms with Gasteiger partial charge in [0.25, 0.3) is 5.91 Å². The van der Waals surface area contributed by atoms with E-state index in [4.69, 9.17) is 14.2 Å². The first kappa shape index (κ1) is 16.4. The number of ether oxygens (including phenoxy) is 1. The maximum absolute atomic E-state index is 13.6. The fraction of sp³-hybridized carbons (Fsp3) is 0.400. The second-order valence-electron chi connectivity index (χ2n) is 7.27. The van der Waals surface area contributed by atoms with Crippen molar-refractivity contribution in [2.75, 3.05) is 19.8 Å². The zero-order chi connectivity index (χ0) is 18.4. The number of carbonyl (C=O) groups excluding carboxylic acids is 1. The monoisotopic (exact) mass is 364 g/mol. The number of aryl methyl sites for hydroxylation is 1. The van der Waals surface area contributed by atoms with Crippen molar-refractivity contribution in [2.45, 2.75) is 31.7 Å². The highest BCUT2D eigenvalue weighted by molar-refractivity contribution is 6.06. The number of carbonyl (C=O) groups is 1. The Morgan fingerprint density at radius 3 is 2.93 bits per heavy atom. The summed E-state index contributed by atoms with van der Waals surface area (Å²) >= 11 is 0. The van der Waals surface area contributed by atoms with Crippen molar-refractivity contribution in [3.8, 4) is 0 Å². The van der Waals surface area contributed by atoms with Crippen molar-refractivity contribution in [3.63, 3.8) is 0 Å². The third-order valence-corrected chi connectivity index (χ3v) is 5.28. The van der Waals surface area contributed by atoms with Crippen molar-refractivity contribution in [1.29, 1.82) is 0 Å². The van der Waals surface area contributed by atoms with Crippen LogP contribution in [-0.2, 0) is 4.74 Å². The molecule has 138 valence electrons. The van der Waals surface area contributed by atoms with Crippen LogP contribution in [0.5, 0.6) is 0 Å². The average Bonchev–Trinajstić information content (AvgIpc) is 3.41. The van der Waals surface area contributed by atoms with E-state index in [1.54, 1.807) is 4.90 Å². The number of hydrogen-bond donors (Lipinski definition) is 0. The molecule has 1 amide bonds. The average molecular weight is 364 g/mol. The maximum Gasteiger partial charge on any atom is 0.255 e. The first-order chi connectivity index (χ1) is 13.2. The molecule has 27 heavy (non-hydrogen) atoms. The maximum atomic E-state index is 13.6. The largest absolute Gasteiger partial charge is 0.377 e. The number of morpholine rings is 1. The summed E-state index contributed by atoms with van der Waals surface area (Å²) in [5.74, 6) is 0.910. The lowest BCUT2D eigenvalue weighted by atomic mass is 10.0. The number of benzene rings is 1. The van der Waals surface area contributed by atoms with Crippen molar-refractivity contribution in [2.24, 2.45) is 0 Å². The summed E-state index contributed by atoms with van der Waals surface area (Å²) in [5, 5.41) is 4.82. The standard InChI is InChI=1S/C20H20N4O3/c1-12-2-5-16-14(8-12)15(9-17(22-16)13-3-4-13)20(25)24-6-7-26-10-18(24)19-21-11-27-23-19/h2,5,8-9,11,13,18H,3-4,6-7,10H2,1H3/t18-/m0/s1. The van der Waals surface area contributed by atoms with Gasteiger partial charge in [0.1, 0.15) is 6.04 Å². The van der Waals surface area contributed by atoms with Gasteiger partial charge in [0, 0.05) is 23.5 Å². The molecule has 1 aliphatic carbocycles. The van der Waals surface area contributed by atoms with Crippen LogP contribution in [0.15, 0.2) is 35.2 Å². The van der Waals surface area contributed by atoms with Gasteiger partial charge in [-0.25, -0.2) is 0 Å². The zero-order valence-electron chi connectivity index (χ0n) is 15.1. The summed E-state index contributed by atoms with van der Waals surface area (Å²) in [6.07, 6.45) is 3.56. The van der Waals surface area contributed by atoms with Gasteiger partial charge >= 0.3 is 0 Å². The van der Waals surface area contributed by atoms with Crippen LogP contribution in [0.2, 0.25) is 0 Å². The van der Waals surface area contributed by atoms with Crippen molar-refractivity contribution >= 4 is 16.8 Å². The molecule has 0 bridgehead atoms. The van der Waals surface area contributed by atoms with Gasteiger partial charge in [0.05, 0.1) is 24.3 Å². The Balaban J connectivity index is 1.60. The topological polar surface area (TPSA) is 81.4 Å². The highest BCUT2D eigenvalue weighted by Gasteiger charge is 2.34. The lowest BCUT2D eigenvalue weighted by Gasteiger charge is -2.34. The van der Waals surface area contributed by atoms with Gasteiger partial charge in [-0.05, 0) is 38.0 Å². The van der Waals surface area contributed by atoms with Gasteiger partial charge in [-0.3, -0.25) is 9.78 Å². The number of hydrogen-bond acceptors (Lipinski definition) is 6. The predicted molar refractivity (Wildman–Crippen MR) is 97.3 cm³/mol. The van der Waals surface area contributed by atoms with Gasteiger partial charge in [0.2, 0.25) is 6.39 Å². The molecule has 1 saturated carbocycles. The van der Waals surface area contributed by atoms with Crippen molar-refractivity contribution < 1.29 is 14.1 Å².